The summed E-state index contributed by atoms with van der Waals surface area (Å²) in [6, 6.07) is 3.94. The highest BCUT2D eigenvalue weighted by molar-refractivity contribution is 5.98. The Bertz CT molecular complexity index is 475. The second-order valence-corrected chi connectivity index (χ2v) is 6.17. The van der Waals surface area contributed by atoms with Gasteiger partial charge in [-0.15, -0.1) is 0 Å². The summed E-state index contributed by atoms with van der Waals surface area (Å²) in [5, 5.41) is 6.44. The zero-order valence-electron chi connectivity index (χ0n) is 13.4. The fraction of sp³-hybridized carbons (Fsp3) is 0.647. The van der Waals surface area contributed by atoms with E-state index in [0.29, 0.717) is 23.2 Å². The molecule has 116 valence electrons. The van der Waals surface area contributed by atoms with Crippen LogP contribution < -0.4 is 10.6 Å². The van der Waals surface area contributed by atoms with Gasteiger partial charge in [-0.05, 0) is 36.8 Å². The number of rotatable bonds is 5. The highest BCUT2D eigenvalue weighted by Gasteiger charge is 2.28. The maximum Gasteiger partial charge on any atom is 0.255 e. The summed E-state index contributed by atoms with van der Waals surface area (Å²) in [6.45, 7) is 7.45. The third-order valence-electron chi connectivity index (χ3n) is 4.62. The van der Waals surface area contributed by atoms with Crippen molar-refractivity contribution in [3.05, 3.63) is 23.9 Å². The van der Waals surface area contributed by atoms with Crippen LogP contribution in [0.4, 0.5) is 5.82 Å². The molecule has 3 unspecified atom stereocenters. The van der Waals surface area contributed by atoms with Gasteiger partial charge in [0.25, 0.3) is 5.91 Å². The number of aromatic nitrogens is 1. The van der Waals surface area contributed by atoms with E-state index in [0.717, 1.165) is 19.4 Å². The number of amides is 1. The number of carbonyl (C=O) groups excluding carboxylic acids is 1. The third kappa shape index (κ3) is 3.96. The second kappa shape index (κ2) is 7.43. The third-order valence-corrected chi connectivity index (χ3v) is 4.62. The van der Waals surface area contributed by atoms with Gasteiger partial charge in [0.2, 0.25) is 0 Å². The monoisotopic (exact) mass is 289 g/mol. The fourth-order valence-corrected chi connectivity index (χ4v) is 3.00. The van der Waals surface area contributed by atoms with E-state index in [1.165, 1.54) is 12.8 Å². The van der Waals surface area contributed by atoms with Crippen molar-refractivity contribution in [1.29, 1.82) is 0 Å². The first kappa shape index (κ1) is 15.8. The first-order valence-electron chi connectivity index (χ1n) is 8.13. The standard InChI is InChI=1S/C17H27N3O/c1-4-10-18-16-14(8-6-11-19-16)17(21)20-15-9-5-7-12(2)13(15)3/h6,8,11-13,15H,4-5,7,9-10H2,1-3H3,(H,18,19)(H,20,21). The lowest BCUT2D eigenvalue weighted by atomic mass is 9.78. The van der Waals surface area contributed by atoms with E-state index in [1.807, 2.05) is 12.1 Å². The Labute approximate surface area is 127 Å². The molecule has 1 aliphatic rings. The van der Waals surface area contributed by atoms with Crippen molar-refractivity contribution in [1.82, 2.24) is 10.3 Å². The Kier molecular flexibility index (Phi) is 5.59. The number of hydrogen-bond acceptors (Lipinski definition) is 3. The van der Waals surface area contributed by atoms with Gasteiger partial charge in [-0.2, -0.15) is 0 Å². The highest BCUT2D eigenvalue weighted by Crippen LogP contribution is 2.29. The Morgan fingerprint density at radius 2 is 2.19 bits per heavy atom. The summed E-state index contributed by atoms with van der Waals surface area (Å²) in [6.07, 6.45) is 6.28. The van der Waals surface area contributed by atoms with Crippen LogP contribution in [-0.2, 0) is 0 Å². The van der Waals surface area contributed by atoms with Gasteiger partial charge in [0.15, 0.2) is 0 Å². The second-order valence-electron chi connectivity index (χ2n) is 6.17. The molecule has 0 aliphatic heterocycles. The first-order chi connectivity index (χ1) is 10.1. The van der Waals surface area contributed by atoms with Crippen LogP contribution in [0, 0.1) is 11.8 Å². The number of carbonyl (C=O) groups is 1. The average molecular weight is 289 g/mol. The molecular formula is C17H27N3O. The molecule has 2 N–H and O–H groups in total. The molecule has 1 aliphatic carbocycles. The van der Waals surface area contributed by atoms with Crippen LogP contribution in [0.2, 0.25) is 0 Å². The zero-order chi connectivity index (χ0) is 15.2. The number of nitrogens with zero attached hydrogens (tertiary/aromatic N) is 1. The number of pyridine rings is 1. The normalized spacial score (nSPS) is 25.4. The van der Waals surface area contributed by atoms with Crippen LogP contribution in [0.5, 0.6) is 0 Å². The molecule has 2 rings (SSSR count). The molecule has 21 heavy (non-hydrogen) atoms. The average Bonchev–Trinajstić information content (AvgIpc) is 2.50. The minimum absolute atomic E-state index is 0.00680. The van der Waals surface area contributed by atoms with Gasteiger partial charge >= 0.3 is 0 Å². The van der Waals surface area contributed by atoms with Gasteiger partial charge in [-0.1, -0.05) is 33.6 Å². The summed E-state index contributed by atoms with van der Waals surface area (Å²) in [5.41, 5.74) is 0.649. The molecule has 0 saturated heterocycles. The molecule has 3 atom stereocenters. The smallest absolute Gasteiger partial charge is 0.255 e. The van der Waals surface area contributed by atoms with Gasteiger partial charge in [-0.25, -0.2) is 4.98 Å². The molecule has 0 aromatic carbocycles. The molecule has 1 saturated carbocycles. The Morgan fingerprint density at radius 3 is 2.95 bits per heavy atom. The predicted molar refractivity (Wildman–Crippen MR) is 86.5 cm³/mol. The SMILES string of the molecule is CCCNc1ncccc1C(=O)NC1CCCC(C)C1C. The van der Waals surface area contributed by atoms with Gasteiger partial charge < -0.3 is 10.6 Å². The van der Waals surface area contributed by atoms with Crippen LogP contribution in [0.3, 0.4) is 0 Å². The van der Waals surface area contributed by atoms with Gasteiger partial charge in [0, 0.05) is 18.8 Å². The summed E-state index contributed by atoms with van der Waals surface area (Å²) < 4.78 is 0. The molecule has 1 aromatic heterocycles. The van der Waals surface area contributed by atoms with Crippen molar-refractivity contribution in [2.24, 2.45) is 11.8 Å². The molecular weight excluding hydrogens is 262 g/mol. The largest absolute Gasteiger partial charge is 0.369 e. The minimum Gasteiger partial charge on any atom is -0.369 e. The predicted octanol–water partition coefficient (Wildman–Crippen LogP) is 3.46. The molecule has 4 nitrogen and oxygen atoms in total. The molecule has 1 aromatic rings. The summed E-state index contributed by atoms with van der Waals surface area (Å²) in [5.74, 6) is 1.89. The molecule has 1 fully saturated rings. The summed E-state index contributed by atoms with van der Waals surface area (Å²) in [4.78, 5) is 16.9. The maximum absolute atomic E-state index is 12.6. The van der Waals surface area contributed by atoms with E-state index in [1.54, 1.807) is 6.20 Å². The molecule has 1 heterocycles. The zero-order valence-corrected chi connectivity index (χ0v) is 13.4. The lowest BCUT2D eigenvalue weighted by Gasteiger charge is -2.34. The van der Waals surface area contributed by atoms with E-state index in [9.17, 15) is 4.79 Å². The molecule has 0 bridgehead atoms. The van der Waals surface area contributed by atoms with Crippen molar-refractivity contribution in [3.63, 3.8) is 0 Å². The van der Waals surface area contributed by atoms with Gasteiger partial charge in [-0.3, -0.25) is 4.79 Å². The van der Waals surface area contributed by atoms with Crippen LogP contribution >= 0.6 is 0 Å². The first-order valence-corrected chi connectivity index (χ1v) is 8.13. The maximum atomic E-state index is 12.6. The van der Waals surface area contributed by atoms with E-state index in [4.69, 9.17) is 0 Å². The quantitative estimate of drug-likeness (QED) is 0.873. The Balaban J connectivity index is 2.06. The van der Waals surface area contributed by atoms with Crippen LogP contribution in [0.1, 0.15) is 56.8 Å². The van der Waals surface area contributed by atoms with E-state index < -0.39 is 0 Å². The summed E-state index contributed by atoms with van der Waals surface area (Å²) in [7, 11) is 0. The lowest BCUT2D eigenvalue weighted by Crippen LogP contribution is -2.43. The van der Waals surface area contributed by atoms with Crippen LogP contribution in [-0.4, -0.2) is 23.5 Å². The number of nitrogens with one attached hydrogen (secondary N) is 2. The van der Waals surface area contributed by atoms with E-state index in [2.05, 4.69) is 36.4 Å². The Hall–Kier alpha value is -1.58. The molecule has 0 radical (unpaired) electrons. The molecule has 1 amide bonds. The van der Waals surface area contributed by atoms with Crippen molar-refractivity contribution in [2.45, 2.75) is 52.5 Å². The molecule has 4 heteroatoms. The molecule has 0 spiro atoms. The van der Waals surface area contributed by atoms with Gasteiger partial charge in [0.1, 0.15) is 5.82 Å². The topological polar surface area (TPSA) is 54.0 Å². The van der Waals surface area contributed by atoms with Crippen LogP contribution in [0.15, 0.2) is 18.3 Å². The van der Waals surface area contributed by atoms with E-state index >= 15 is 0 Å². The van der Waals surface area contributed by atoms with Crippen LogP contribution in [0.25, 0.3) is 0 Å². The van der Waals surface area contributed by atoms with Crippen molar-refractivity contribution >= 4 is 11.7 Å². The highest BCUT2D eigenvalue weighted by atomic mass is 16.1. The summed E-state index contributed by atoms with van der Waals surface area (Å²) >= 11 is 0. The van der Waals surface area contributed by atoms with Crippen molar-refractivity contribution < 1.29 is 4.79 Å². The van der Waals surface area contributed by atoms with Crippen molar-refractivity contribution in [2.75, 3.05) is 11.9 Å². The van der Waals surface area contributed by atoms with Crippen molar-refractivity contribution in [3.8, 4) is 0 Å². The fourth-order valence-electron chi connectivity index (χ4n) is 3.00. The van der Waals surface area contributed by atoms with Gasteiger partial charge in [0.05, 0.1) is 5.56 Å². The Morgan fingerprint density at radius 1 is 1.38 bits per heavy atom. The number of hydrogen-bond donors (Lipinski definition) is 2. The lowest BCUT2D eigenvalue weighted by molar-refractivity contribution is 0.0891. The van der Waals surface area contributed by atoms with E-state index in [-0.39, 0.29) is 11.9 Å². The number of anilines is 1. The minimum atomic E-state index is -0.00680.